The van der Waals surface area contributed by atoms with E-state index in [0.717, 1.165) is 12.2 Å². The lowest BCUT2D eigenvalue weighted by Crippen LogP contribution is -2.43. The third-order valence-electron chi connectivity index (χ3n) is 2.67. The highest BCUT2D eigenvalue weighted by molar-refractivity contribution is 8.00. The molecule has 1 aliphatic rings. The molecule has 2 unspecified atom stereocenters. The molecule has 92 valence electrons. The zero-order valence-corrected chi connectivity index (χ0v) is 9.94. The molecule has 0 amide bonds. The van der Waals surface area contributed by atoms with Gasteiger partial charge in [-0.1, -0.05) is 6.92 Å². The Labute approximate surface area is 97.8 Å². The van der Waals surface area contributed by atoms with Crippen LogP contribution in [0.3, 0.4) is 0 Å². The number of hydrogen-bond donors (Lipinski definition) is 0. The van der Waals surface area contributed by atoms with Gasteiger partial charge in [0.1, 0.15) is 0 Å². The predicted octanol–water partition coefficient (Wildman–Crippen LogP) is 2.52. The molecule has 1 rings (SSSR count). The molecule has 1 heterocycles. The highest BCUT2D eigenvalue weighted by Crippen LogP contribution is 2.28. The molecular formula is C10H15F3N2S. The predicted molar refractivity (Wildman–Crippen MR) is 58.1 cm³/mol. The van der Waals surface area contributed by atoms with Gasteiger partial charge in [0.25, 0.3) is 0 Å². The summed E-state index contributed by atoms with van der Waals surface area (Å²) in [4.78, 5) is 1.76. The first-order valence-corrected chi connectivity index (χ1v) is 6.32. The first-order valence-electron chi connectivity index (χ1n) is 5.27. The van der Waals surface area contributed by atoms with Crippen LogP contribution in [0.4, 0.5) is 13.2 Å². The van der Waals surface area contributed by atoms with Crippen molar-refractivity contribution < 1.29 is 13.2 Å². The van der Waals surface area contributed by atoms with Crippen molar-refractivity contribution in [3.8, 4) is 6.07 Å². The van der Waals surface area contributed by atoms with Crippen LogP contribution in [0.15, 0.2) is 0 Å². The molecule has 0 aromatic heterocycles. The van der Waals surface area contributed by atoms with Crippen molar-refractivity contribution in [2.45, 2.75) is 24.8 Å². The first-order chi connectivity index (χ1) is 7.47. The summed E-state index contributed by atoms with van der Waals surface area (Å²) in [6, 6.07) is 1.35. The first kappa shape index (κ1) is 13.7. The van der Waals surface area contributed by atoms with Crippen molar-refractivity contribution in [3.05, 3.63) is 0 Å². The van der Waals surface area contributed by atoms with Crippen LogP contribution in [0.25, 0.3) is 0 Å². The molecule has 2 nitrogen and oxygen atoms in total. The van der Waals surface area contributed by atoms with Crippen molar-refractivity contribution in [2.24, 2.45) is 5.92 Å². The summed E-state index contributed by atoms with van der Waals surface area (Å²) in [5, 5.41) is 8.92. The fraction of sp³-hybridized carbons (Fsp3) is 0.900. The minimum Gasteiger partial charge on any atom is -0.300 e. The van der Waals surface area contributed by atoms with E-state index in [9.17, 15) is 13.2 Å². The van der Waals surface area contributed by atoms with Crippen LogP contribution in [0.5, 0.6) is 0 Å². The molecule has 1 fully saturated rings. The summed E-state index contributed by atoms with van der Waals surface area (Å²) in [5.74, 6) is -0.998. The largest absolute Gasteiger partial charge is 0.405 e. The van der Waals surface area contributed by atoms with Crippen molar-refractivity contribution >= 4 is 11.8 Å². The number of nitriles is 1. The summed E-state index contributed by atoms with van der Waals surface area (Å²) >= 11 is 1.80. The fourth-order valence-electron chi connectivity index (χ4n) is 1.67. The lowest BCUT2D eigenvalue weighted by molar-refractivity contribution is -0.163. The third-order valence-corrected chi connectivity index (χ3v) is 4.04. The average molecular weight is 252 g/mol. The number of hydrogen-bond acceptors (Lipinski definition) is 3. The maximum Gasteiger partial charge on any atom is 0.405 e. The molecule has 0 aromatic carbocycles. The Morgan fingerprint density at radius 2 is 2.25 bits per heavy atom. The molecule has 0 saturated carbocycles. The Morgan fingerprint density at radius 1 is 1.56 bits per heavy atom. The lowest BCUT2D eigenvalue weighted by Gasteiger charge is -2.33. The van der Waals surface area contributed by atoms with E-state index in [0.29, 0.717) is 18.3 Å². The monoisotopic (exact) mass is 252 g/mol. The molecule has 16 heavy (non-hydrogen) atoms. The molecule has 1 saturated heterocycles. The second kappa shape index (κ2) is 5.78. The Kier molecular flexibility index (Phi) is 4.93. The minimum absolute atomic E-state index is 0.183. The SMILES string of the molecule is CCC1CN(CC(C#N)C(F)(F)F)CCS1. The van der Waals surface area contributed by atoms with Gasteiger partial charge >= 0.3 is 6.18 Å². The van der Waals surface area contributed by atoms with Gasteiger partial charge in [-0.25, -0.2) is 0 Å². The van der Waals surface area contributed by atoms with Gasteiger partial charge in [-0.15, -0.1) is 0 Å². The standard InChI is InChI=1S/C10H15F3N2S/c1-2-9-7-15(3-4-16-9)6-8(5-14)10(11,12)13/h8-9H,2-4,6-7H2,1H3. The molecule has 0 aliphatic carbocycles. The van der Waals surface area contributed by atoms with Gasteiger partial charge in [-0.2, -0.15) is 30.2 Å². The zero-order chi connectivity index (χ0) is 12.2. The van der Waals surface area contributed by atoms with E-state index in [1.807, 2.05) is 6.92 Å². The maximum absolute atomic E-state index is 12.4. The van der Waals surface area contributed by atoms with Gasteiger partial charge in [0.15, 0.2) is 5.92 Å². The zero-order valence-electron chi connectivity index (χ0n) is 9.13. The van der Waals surface area contributed by atoms with Crippen LogP contribution in [-0.4, -0.2) is 41.7 Å². The molecular weight excluding hydrogens is 237 g/mol. The Hall–Kier alpha value is -0.410. The van der Waals surface area contributed by atoms with Crippen LogP contribution in [0.2, 0.25) is 0 Å². The van der Waals surface area contributed by atoms with E-state index in [1.165, 1.54) is 6.07 Å². The number of rotatable bonds is 3. The number of nitrogens with zero attached hydrogens (tertiary/aromatic N) is 2. The summed E-state index contributed by atoms with van der Waals surface area (Å²) in [6.07, 6.45) is -3.44. The van der Waals surface area contributed by atoms with Crippen LogP contribution >= 0.6 is 11.8 Å². The molecule has 0 spiro atoms. The molecule has 1 aliphatic heterocycles. The Bertz CT molecular complexity index is 262. The summed E-state index contributed by atoms with van der Waals surface area (Å²) in [5.41, 5.74) is 0. The summed E-state index contributed by atoms with van der Waals surface area (Å²) in [7, 11) is 0. The van der Waals surface area contributed by atoms with Gasteiger partial charge in [-0.3, -0.25) is 4.90 Å². The summed E-state index contributed by atoms with van der Waals surface area (Å²) < 4.78 is 37.2. The van der Waals surface area contributed by atoms with Crippen LogP contribution in [-0.2, 0) is 0 Å². The highest BCUT2D eigenvalue weighted by atomic mass is 32.2. The van der Waals surface area contributed by atoms with E-state index < -0.39 is 12.1 Å². The van der Waals surface area contributed by atoms with E-state index in [4.69, 9.17) is 5.26 Å². The van der Waals surface area contributed by atoms with Crippen molar-refractivity contribution in [3.63, 3.8) is 0 Å². The minimum atomic E-state index is -4.40. The van der Waals surface area contributed by atoms with E-state index >= 15 is 0 Å². The van der Waals surface area contributed by atoms with Gasteiger partial charge in [-0.05, 0) is 6.42 Å². The molecule has 0 aromatic rings. The second-order valence-corrected chi connectivity index (χ2v) is 5.29. The molecule has 6 heteroatoms. The normalized spacial score (nSPS) is 25.1. The average Bonchev–Trinajstić information content (AvgIpc) is 2.24. The van der Waals surface area contributed by atoms with Crippen molar-refractivity contribution in [1.82, 2.24) is 4.90 Å². The highest BCUT2D eigenvalue weighted by Gasteiger charge is 2.41. The summed E-state index contributed by atoms with van der Waals surface area (Å²) in [6.45, 7) is 3.16. The van der Waals surface area contributed by atoms with E-state index in [-0.39, 0.29) is 6.54 Å². The van der Waals surface area contributed by atoms with Crippen LogP contribution in [0, 0.1) is 17.2 Å². The quantitative estimate of drug-likeness (QED) is 0.772. The van der Waals surface area contributed by atoms with Crippen LogP contribution in [0.1, 0.15) is 13.3 Å². The van der Waals surface area contributed by atoms with Gasteiger partial charge in [0.05, 0.1) is 6.07 Å². The third kappa shape index (κ3) is 3.87. The molecule has 2 atom stereocenters. The lowest BCUT2D eigenvalue weighted by atomic mass is 10.1. The number of alkyl halides is 3. The fourth-order valence-corrected chi connectivity index (χ4v) is 2.92. The maximum atomic E-state index is 12.4. The smallest absolute Gasteiger partial charge is 0.300 e. The van der Waals surface area contributed by atoms with Gasteiger partial charge in [0, 0.05) is 30.6 Å². The molecule has 0 radical (unpaired) electrons. The van der Waals surface area contributed by atoms with Gasteiger partial charge < -0.3 is 0 Å². The Balaban J connectivity index is 2.50. The van der Waals surface area contributed by atoms with Gasteiger partial charge in [0.2, 0.25) is 0 Å². The topological polar surface area (TPSA) is 27.0 Å². The Morgan fingerprint density at radius 3 is 2.75 bits per heavy atom. The number of thioether (sulfide) groups is 1. The molecule has 0 bridgehead atoms. The molecule has 0 N–H and O–H groups in total. The number of halogens is 3. The van der Waals surface area contributed by atoms with Crippen molar-refractivity contribution in [1.29, 1.82) is 5.26 Å². The second-order valence-electron chi connectivity index (χ2n) is 3.88. The van der Waals surface area contributed by atoms with Crippen LogP contribution < -0.4 is 0 Å². The van der Waals surface area contributed by atoms with E-state index in [1.54, 1.807) is 16.7 Å². The van der Waals surface area contributed by atoms with E-state index in [2.05, 4.69) is 0 Å². The van der Waals surface area contributed by atoms with Crippen molar-refractivity contribution in [2.75, 3.05) is 25.4 Å².